The third-order valence-electron chi connectivity index (χ3n) is 4.99. The van der Waals surface area contributed by atoms with Gasteiger partial charge in [-0.3, -0.25) is 9.59 Å². The molecule has 0 aliphatic carbocycles. The molecule has 1 N–H and O–H groups in total. The van der Waals surface area contributed by atoms with Crippen LogP contribution in [0.15, 0.2) is 77.4 Å². The Labute approximate surface area is 179 Å². The first kappa shape index (κ1) is 20.2. The van der Waals surface area contributed by atoms with Crippen LogP contribution in [0.1, 0.15) is 12.2 Å². The van der Waals surface area contributed by atoms with E-state index in [1.54, 1.807) is 73.8 Å². The number of carbonyl (C=O) groups is 3. The second-order valence-corrected chi connectivity index (χ2v) is 7.00. The normalized spacial score (nSPS) is 16.0. The highest BCUT2D eigenvalue weighted by Gasteiger charge is 2.46. The lowest BCUT2D eigenvalue weighted by Crippen LogP contribution is -2.37. The number of imide groups is 1. The minimum Gasteiger partial charge on any atom is -0.497 e. The van der Waals surface area contributed by atoms with Crippen LogP contribution < -0.4 is 15.0 Å². The zero-order valence-corrected chi connectivity index (χ0v) is 16.9. The molecule has 0 saturated carbocycles. The number of para-hydroxylation sites is 1. The standard InChI is InChI=1S/C23H21N3O5/c1-30-18-11-9-16(10-12-18)24-21(27)14-20-22(28)26(17-6-3-2-4-7-17)23(29)25(20)15-19-8-5-13-31-19/h2-13,20H,14-15H2,1H3,(H,24,27)/t20-/m1/s1. The summed E-state index contributed by atoms with van der Waals surface area (Å²) in [6.45, 7) is 0.0847. The molecule has 1 atom stereocenters. The first-order chi connectivity index (χ1) is 15.1. The SMILES string of the molecule is COc1ccc(NC(=O)C[C@@H]2C(=O)N(c3ccccc3)C(=O)N2Cc2ccco2)cc1. The average Bonchev–Trinajstić information content (AvgIpc) is 3.37. The van der Waals surface area contributed by atoms with Crippen molar-refractivity contribution in [1.29, 1.82) is 0 Å². The second kappa shape index (κ2) is 8.74. The molecule has 4 amide bonds. The maximum atomic E-state index is 13.2. The topological polar surface area (TPSA) is 92.1 Å². The minimum atomic E-state index is -0.948. The van der Waals surface area contributed by atoms with E-state index < -0.39 is 18.0 Å². The summed E-state index contributed by atoms with van der Waals surface area (Å²) in [6.07, 6.45) is 1.32. The molecule has 1 aliphatic rings. The van der Waals surface area contributed by atoms with Crippen LogP contribution in [0.2, 0.25) is 0 Å². The van der Waals surface area contributed by atoms with Crippen LogP contribution in [-0.4, -0.2) is 35.9 Å². The fraction of sp³-hybridized carbons (Fsp3) is 0.174. The van der Waals surface area contributed by atoms with Crippen LogP contribution >= 0.6 is 0 Å². The number of nitrogens with zero attached hydrogens (tertiary/aromatic N) is 2. The average molecular weight is 419 g/mol. The fourth-order valence-corrected chi connectivity index (χ4v) is 3.46. The number of nitrogens with one attached hydrogen (secondary N) is 1. The number of amides is 4. The lowest BCUT2D eigenvalue weighted by molar-refractivity contribution is -0.124. The van der Waals surface area contributed by atoms with Gasteiger partial charge in [-0.1, -0.05) is 18.2 Å². The van der Waals surface area contributed by atoms with Crippen LogP contribution in [0.4, 0.5) is 16.2 Å². The summed E-state index contributed by atoms with van der Waals surface area (Å²) in [5.74, 6) is 0.359. The Bertz CT molecular complexity index is 1060. The quantitative estimate of drug-likeness (QED) is 0.590. The number of ether oxygens (including phenoxy) is 1. The number of carbonyl (C=O) groups excluding carboxylic acids is 3. The van der Waals surface area contributed by atoms with Crippen molar-refractivity contribution in [2.45, 2.75) is 19.0 Å². The van der Waals surface area contributed by atoms with Gasteiger partial charge in [-0.15, -0.1) is 0 Å². The van der Waals surface area contributed by atoms with Crippen molar-refractivity contribution in [3.05, 3.63) is 78.8 Å². The molecular formula is C23H21N3O5. The summed E-state index contributed by atoms with van der Waals surface area (Å²) in [7, 11) is 1.56. The van der Waals surface area contributed by atoms with Gasteiger partial charge in [-0.25, -0.2) is 9.69 Å². The Morgan fingerprint density at radius 2 is 1.77 bits per heavy atom. The maximum absolute atomic E-state index is 13.2. The Morgan fingerprint density at radius 3 is 2.42 bits per heavy atom. The molecule has 0 radical (unpaired) electrons. The highest BCUT2D eigenvalue weighted by atomic mass is 16.5. The van der Waals surface area contributed by atoms with Gasteiger partial charge in [0.2, 0.25) is 5.91 Å². The third kappa shape index (κ3) is 4.28. The van der Waals surface area contributed by atoms with E-state index in [2.05, 4.69) is 5.32 Å². The largest absolute Gasteiger partial charge is 0.497 e. The van der Waals surface area contributed by atoms with E-state index in [0.29, 0.717) is 22.9 Å². The summed E-state index contributed by atoms with van der Waals surface area (Å²) in [6, 6.07) is 17.5. The number of methoxy groups -OCH3 is 1. The Kier molecular flexibility index (Phi) is 5.70. The lowest BCUT2D eigenvalue weighted by Gasteiger charge is -2.20. The zero-order chi connectivity index (χ0) is 21.8. The third-order valence-corrected chi connectivity index (χ3v) is 4.99. The second-order valence-electron chi connectivity index (χ2n) is 7.00. The number of benzene rings is 2. The van der Waals surface area contributed by atoms with Gasteiger partial charge in [-0.2, -0.15) is 0 Å². The van der Waals surface area contributed by atoms with E-state index in [-0.39, 0.29) is 18.9 Å². The van der Waals surface area contributed by atoms with E-state index in [1.807, 2.05) is 0 Å². The molecule has 31 heavy (non-hydrogen) atoms. The molecule has 8 heteroatoms. The zero-order valence-electron chi connectivity index (χ0n) is 16.9. The van der Waals surface area contributed by atoms with Crippen LogP contribution in [0, 0.1) is 0 Å². The molecular weight excluding hydrogens is 398 g/mol. The molecule has 0 spiro atoms. The molecule has 1 aromatic heterocycles. The van der Waals surface area contributed by atoms with Crippen molar-refractivity contribution in [1.82, 2.24) is 4.90 Å². The van der Waals surface area contributed by atoms with Crippen molar-refractivity contribution in [3.8, 4) is 5.75 Å². The van der Waals surface area contributed by atoms with Gasteiger partial charge in [0.05, 0.1) is 32.0 Å². The lowest BCUT2D eigenvalue weighted by atomic mass is 10.1. The van der Waals surface area contributed by atoms with E-state index in [4.69, 9.17) is 9.15 Å². The smallest absolute Gasteiger partial charge is 0.332 e. The van der Waals surface area contributed by atoms with E-state index in [0.717, 1.165) is 4.90 Å². The molecule has 1 saturated heterocycles. The summed E-state index contributed by atoms with van der Waals surface area (Å²) < 4.78 is 10.5. The maximum Gasteiger partial charge on any atom is 0.332 e. The Morgan fingerprint density at radius 1 is 1.03 bits per heavy atom. The first-order valence-electron chi connectivity index (χ1n) is 9.72. The van der Waals surface area contributed by atoms with Gasteiger partial charge >= 0.3 is 6.03 Å². The molecule has 0 unspecified atom stereocenters. The van der Waals surface area contributed by atoms with Gasteiger partial charge in [0.1, 0.15) is 17.6 Å². The van der Waals surface area contributed by atoms with Crippen LogP contribution in [0.5, 0.6) is 5.75 Å². The number of hydrogen-bond acceptors (Lipinski definition) is 5. The Hall–Kier alpha value is -4.07. The number of furan rings is 1. The molecule has 1 fully saturated rings. The molecule has 3 aromatic rings. The van der Waals surface area contributed by atoms with Gasteiger partial charge in [0.25, 0.3) is 5.91 Å². The fourth-order valence-electron chi connectivity index (χ4n) is 3.46. The molecule has 2 heterocycles. The van der Waals surface area contributed by atoms with Crippen LogP contribution in [0.25, 0.3) is 0 Å². The molecule has 158 valence electrons. The van der Waals surface area contributed by atoms with Gasteiger partial charge in [0, 0.05) is 5.69 Å². The summed E-state index contributed by atoms with van der Waals surface area (Å²) >= 11 is 0. The molecule has 8 nitrogen and oxygen atoms in total. The van der Waals surface area contributed by atoms with Crippen molar-refractivity contribution in [3.63, 3.8) is 0 Å². The van der Waals surface area contributed by atoms with Crippen LogP contribution in [-0.2, 0) is 16.1 Å². The van der Waals surface area contributed by atoms with E-state index in [1.165, 1.54) is 11.2 Å². The van der Waals surface area contributed by atoms with Gasteiger partial charge in [0.15, 0.2) is 0 Å². The summed E-state index contributed by atoms with van der Waals surface area (Å²) in [4.78, 5) is 41.4. The predicted octanol–water partition coefficient (Wildman–Crippen LogP) is 3.65. The molecule has 0 bridgehead atoms. The minimum absolute atomic E-state index is 0.0847. The molecule has 2 aromatic carbocycles. The van der Waals surface area contributed by atoms with E-state index in [9.17, 15) is 14.4 Å². The van der Waals surface area contributed by atoms with Gasteiger partial charge < -0.3 is 19.4 Å². The number of rotatable bonds is 7. The number of hydrogen-bond donors (Lipinski definition) is 1. The van der Waals surface area contributed by atoms with Crippen molar-refractivity contribution in [2.75, 3.05) is 17.3 Å². The van der Waals surface area contributed by atoms with Crippen LogP contribution in [0.3, 0.4) is 0 Å². The summed E-state index contributed by atoms with van der Waals surface area (Å²) in [5.41, 5.74) is 1.03. The predicted molar refractivity (Wildman–Crippen MR) is 114 cm³/mol. The van der Waals surface area contributed by atoms with E-state index >= 15 is 0 Å². The first-order valence-corrected chi connectivity index (χ1v) is 9.72. The van der Waals surface area contributed by atoms with Gasteiger partial charge in [-0.05, 0) is 48.5 Å². The highest BCUT2D eigenvalue weighted by Crippen LogP contribution is 2.28. The van der Waals surface area contributed by atoms with Crippen molar-refractivity contribution >= 4 is 29.2 Å². The summed E-state index contributed by atoms with van der Waals surface area (Å²) in [5, 5.41) is 2.76. The van der Waals surface area contributed by atoms with Crippen molar-refractivity contribution < 1.29 is 23.5 Å². The number of anilines is 2. The molecule has 4 rings (SSSR count). The Balaban J connectivity index is 1.55. The highest BCUT2D eigenvalue weighted by molar-refractivity contribution is 6.22. The molecule has 1 aliphatic heterocycles. The van der Waals surface area contributed by atoms with Crippen molar-refractivity contribution in [2.24, 2.45) is 0 Å². The monoisotopic (exact) mass is 419 g/mol. The number of urea groups is 1.